The van der Waals surface area contributed by atoms with E-state index in [-0.39, 0.29) is 23.8 Å². The van der Waals surface area contributed by atoms with E-state index in [0.29, 0.717) is 31.3 Å². The van der Waals surface area contributed by atoms with Gasteiger partial charge in [-0.15, -0.1) is 0 Å². The Labute approximate surface area is 184 Å². The Balaban J connectivity index is 1.20. The lowest BCUT2D eigenvalue weighted by molar-refractivity contribution is -0.140. The van der Waals surface area contributed by atoms with Crippen molar-refractivity contribution in [3.8, 4) is 0 Å². The Hall–Kier alpha value is -2.08. The quantitative estimate of drug-likeness (QED) is 0.702. The summed E-state index contributed by atoms with van der Waals surface area (Å²) in [6, 6.07) is 4.72. The summed E-state index contributed by atoms with van der Waals surface area (Å²) >= 11 is 0. The molecule has 166 valence electrons. The maximum absolute atomic E-state index is 13.7. The molecule has 2 bridgehead atoms. The van der Waals surface area contributed by atoms with Crippen LogP contribution in [0.5, 0.6) is 0 Å². The maximum atomic E-state index is 13.7. The SMILES string of the molecule is O=C1C[C@H](C(=O)N2CCCC3=C[C@@H]4C[C@@H](CN5CCCC[C@@H]45)[C@H]32)CN1Cc1ccco1. The first-order valence-electron chi connectivity index (χ1n) is 12.2. The summed E-state index contributed by atoms with van der Waals surface area (Å²) in [6.07, 6.45) is 12.0. The number of hydrogen-bond acceptors (Lipinski definition) is 4. The molecular weight excluding hydrogens is 390 g/mol. The van der Waals surface area contributed by atoms with Gasteiger partial charge in [0.25, 0.3) is 0 Å². The molecule has 1 aliphatic carbocycles. The lowest BCUT2D eigenvalue weighted by atomic mass is 9.68. The fourth-order valence-corrected chi connectivity index (χ4v) is 7.14. The van der Waals surface area contributed by atoms with Crippen molar-refractivity contribution in [2.75, 3.05) is 26.2 Å². The topological polar surface area (TPSA) is 57.0 Å². The van der Waals surface area contributed by atoms with E-state index in [1.165, 1.54) is 37.8 Å². The third kappa shape index (κ3) is 3.43. The van der Waals surface area contributed by atoms with Crippen LogP contribution in [0.1, 0.15) is 50.7 Å². The molecule has 0 spiro atoms. The molecule has 5 atom stereocenters. The Morgan fingerprint density at radius 1 is 1.16 bits per heavy atom. The smallest absolute Gasteiger partial charge is 0.228 e. The first-order valence-corrected chi connectivity index (χ1v) is 12.2. The van der Waals surface area contributed by atoms with Crippen molar-refractivity contribution >= 4 is 11.8 Å². The average molecular weight is 424 g/mol. The number of fused-ring (bicyclic) bond motifs is 6. The van der Waals surface area contributed by atoms with Gasteiger partial charge in [-0.3, -0.25) is 14.5 Å². The molecule has 0 radical (unpaired) electrons. The second kappa shape index (κ2) is 7.80. The van der Waals surface area contributed by atoms with Gasteiger partial charge in [0.05, 0.1) is 24.8 Å². The zero-order valence-electron chi connectivity index (χ0n) is 18.2. The molecule has 0 unspecified atom stereocenters. The molecule has 0 aromatic carbocycles. The summed E-state index contributed by atoms with van der Waals surface area (Å²) in [5.41, 5.74) is 1.52. The summed E-state index contributed by atoms with van der Waals surface area (Å²) in [5.74, 6) is 2.06. The van der Waals surface area contributed by atoms with Gasteiger partial charge < -0.3 is 14.2 Å². The Kier molecular flexibility index (Phi) is 4.93. The van der Waals surface area contributed by atoms with Crippen molar-refractivity contribution in [2.24, 2.45) is 17.8 Å². The summed E-state index contributed by atoms with van der Waals surface area (Å²) in [5, 5.41) is 0. The van der Waals surface area contributed by atoms with Crippen LogP contribution in [0.15, 0.2) is 34.5 Å². The average Bonchev–Trinajstić information content (AvgIpc) is 3.43. The molecule has 4 fully saturated rings. The van der Waals surface area contributed by atoms with Crippen LogP contribution in [-0.2, 0) is 16.1 Å². The predicted octanol–water partition coefficient (Wildman–Crippen LogP) is 3.05. The van der Waals surface area contributed by atoms with E-state index in [1.54, 1.807) is 11.2 Å². The highest BCUT2D eigenvalue weighted by Crippen LogP contribution is 2.45. The molecule has 4 saturated heterocycles. The minimum absolute atomic E-state index is 0.0695. The number of likely N-dealkylation sites (tertiary alicyclic amines) is 2. The Morgan fingerprint density at radius 2 is 2.10 bits per heavy atom. The van der Waals surface area contributed by atoms with Crippen molar-refractivity contribution in [3.63, 3.8) is 0 Å². The number of furan rings is 1. The third-order valence-corrected chi connectivity index (χ3v) is 8.43. The Morgan fingerprint density at radius 3 is 2.97 bits per heavy atom. The van der Waals surface area contributed by atoms with E-state index in [0.717, 1.165) is 37.7 Å². The lowest BCUT2D eigenvalue weighted by Gasteiger charge is -2.55. The van der Waals surface area contributed by atoms with Crippen LogP contribution in [0.2, 0.25) is 0 Å². The molecule has 1 aromatic rings. The van der Waals surface area contributed by atoms with E-state index >= 15 is 0 Å². The maximum Gasteiger partial charge on any atom is 0.228 e. The zero-order chi connectivity index (χ0) is 20.9. The molecular formula is C25H33N3O3. The molecule has 6 rings (SSSR count). The fraction of sp³-hybridized carbons (Fsp3) is 0.680. The lowest BCUT2D eigenvalue weighted by Crippen LogP contribution is -2.60. The number of carbonyl (C=O) groups excluding carboxylic acids is 2. The second-order valence-electron chi connectivity index (χ2n) is 10.3. The summed E-state index contributed by atoms with van der Waals surface area (Å²) in [7, 11) is 0. The van der Waals surface area contributed by atoms with Gasteiger partial charge in [-0.1, -0.05) is 18.1 Å². The second-order valence-corrected chi connectivity index (χ2v) is 10.3. The molecule has 5 aliphatic rings. The van der Waals surface area contributed by atoms with Gasteiger partial charge in [0.2, 0.25) is 11.8 Å². The Bertz CT molecular complexity index is 879. The van der Waals surface area contributed by atoms with Crippen LogP contribution in [0, 0.1) is 17.8 Å². The number of rotatable bonds is 3. The molecule has 4 aliphatic heterocycles. The molecule has 1 aromatic heterocycles. The molecule has 2 amide bonds. The molecule has 31 heavy (non-hydrogen) atoms. The normalized spacial score (nSPS) is 35.5. The molecule has 6 nitrogen and oxygen atoms in total. The van der Waals surface area contributed by atoms with E-state index in [9.17, 15) is 9.59 Å². The summed E-state index contributed by atoms with van der Waals surface area (Å²) in [4.78, 5) is 33.0. The van der Waals surface area contributed by atoms with Gasteiger partial charge >= 0.3 is 0 Å². The van der Waals surface area contributed by atoms with Crippen molar-refractivity contribution in [2.45, 2.75) is 63.6 Å². The van der Waals surface area contributed by atoms with Gasteiger partial charge in [-0.25, -0.2) is 0 Å². The highest BCUT2D eigenvalue weighted by atomic mass is 16.3. The highest BCUT2D eigenvalue weighted by molar-refractivity contribution is 5.89. The van der Waals surface area contributed by atoms with Crippen molar-refractivity contribution in [3.05, 3.63) is 35.8 Å². The zero-order valence-corrected chi connectivity index (χ0v) is 18.2. The molecule has 5 heterocycles. The van der Waals surface area contributed by atoms with E-state index in [4.69, 9.17) is 4.42 Å². The monoisotopic (exact) mass is 423 g/mol. The number of hydrogen-bond donors (Lipinski definition) is 0. The van der Waals surface area contributed by atoms with Gasteiger partial charge in [-0.2, -0.15) is 0 Å². The number of carbonyl (C=O) groups is 2. The summed E-state index contributed by atoms with van der Waals surface area (Å²) in [6.45, 7) is 4.18. The first-order chi connectivity index (χ1) is 15.2. The van der Waals surface area contributed by atoms with Crippen LogP contribution in [0.25, 0.3) is 0 Å². The van der Waals surface area contributed by atoms with Crippen LogP contribution in [0.3, 0.4) is 0 Å². The largest absolute Gasteiger partial charge is 0.467 e. The minimum Gasteiger partial charge on any atom is -0.467 e. The van der Waals surface area contributed by atoms with Gasteiger partial charge in [0.15, 0.2) is 0 Å². The number of amides is 2. The molecule has 6 heteroatoms. The number of nitrogens with zero attached hydrogens (tertiary/aromatic N) is 3. The minimum atomic E-state index is -0.217. The van der Waals surface area contributed by atoms with E-state index in [2.05, 4.69) is 15.9 Å². The van der Waals surface area contributed by atoms with Gasteiger partial charge in [0.1, 0.15) is 5.76 Å². The first kappa shape index (κ1) is 19.6. The number of piperidine rings is 3. The summed E-state index contributed by atoms with van der Waals surface area (Å²) < 4.78 is 5.41. The van der Waals surface area contributed by atoms with Crippen LogP contribution in [-0.4, -0.2) is 64.8 Å². The van der Waals surface area contributed by atoms with Crippen molar-refractivity contribution < 1.29 is 14.0 Å². The van der Waals surface area contributed by atoms with Crippen molar-refractivity contribution in [1.29, 1.82) is 0 Å². The van der Waals surface area contributed by atoms with Crippen LogP contribution >= 0.6 is 0 Å². The molecule has 0 saturated carbocycles. The molecule has 0 N–H and O–H groups in total. The van der Waals surface area contributed by atoms with Gasteiger partial charge in [0, 0.05) is 32.1 Å². The van der Waals surface area contributed by atoms with Crippen LogP contribution in [0.4, 0.5) is 0 Å². The predicted molar refractivity (Wildman–Crippen MR) is 116 cm³/mol. The van der Waals surface area contributed by atoms with E-state index < -0.39 is 0 Å². The van der Waals surface area contributed by atoms with Gasteiger partial charge in [-0.05, 0) is 62.6 Å². The van der Waals surface area contributed by atoms with Crippen LogP contribution < -0.4 is 0 Å². The standard InChI is InChI=1S/C25H33N3O3/c29-23-13-20(15-27(23)16-21-6-4-10-31-21)25(30)28-9-3-5-17-11-18-12-19(24(17)28)14-26-8-2-1-7-22(18)26/h4,6,10-11,18-20,22,24H,1-3,5,7-9,12-16H2/t18-,19+,20+,22+,24+/m1/s1. The van der Waals surface area contributed by atoms with Crippen molar-refractivity contribution in [1.82, 2.24) is 14.7 Å². The highest BCUT2D eigenvalue weighted by Gasteiger charge is 2.48. The van der Waals surface area contributed by atoms with E-state index in [1.807, 2.05) is 12.1 Å². The fourth-order valence-electron chi connectivity index (χ4n) is 7.14. The third-order valence-electron chi connectivity index (χ3n) is 8.43.